The number of pyridine rings is 1. The first-order chi connectivity index (χ1) is 12.8. The van der Waals surface area contributed by atoms with Gasteiger partial charge in [-0.3, -0.25) is 10.1 Å². The van der Waals surface area contributed by atoms with E-state index < -0.39 is 0 Å². The quantitative estimate of drug-likeness (QED) is 0.870. The van der Waals surface area contributed by atoms with Gasteiger partial charge >= 0.3 is 0 Å². The monoisotopic (exact) mass is 352 g/mol. The van der Waals surface area contributed by atoms with Gasteiger partial charge in [0.1, 0.15) is 6.33 Å². The Morgan fingerprint density at radius 2 is 2.23 bits per heavy atom. The minimum absolute atomic E-state index is 0.0295. The number of carbonyl (C=O) groups excluding carboxylic acids is 1. The number of fused-ring (bicyclic) bond motifs is 3. The average molecular weight is 352 g/mol. The number of hydrogen-bond acceptors (Lipinski definition) is 5. The molecule has 7 nitrogen and oxygen atoms in total. The van der Waals surface area contributed by atoms with Crippen molar-refractivity contribution in [1.82, 2.24) is 19.9 Å². The first-order valence-corrected chi connectivity index (χ1v) is 9.33. The molecular formula is C19H22N5O2+. The summed E-state index contributed by atoms with van der Waals surface area (Å²) < 4.78 is 5.40. The molecule has 0 spiro atoms. The molecule has 0 saturated carbocycles. The summed E-state index contributed by atoms with van der Waals surface area (Å²) in [6.07, 6.45) is 10.4. The van der Waals surface area contributed by atoms with Crippen LogP contribution < -0.4 is 5.32 Å². The highest BCUT2D eigenvalue weighted by molar-refractivity contribution is 5.93. The lowest BCUT2D eigenvalue weighted by Gasteiger charge is -2.34. The number of nitrogens with two attached hydrogens (primary N) is 1. The van der Waals surface area contributed by atoms with Gasteiger partial charge in [-0.2, -0.15) is 0 Å². The van der Waals surface area contributed by atoms with Crippen molar-refractivity contribution in [3.8, 4) is 0 Å². The molecule has 2 fully saturated rings. The third-order valence-electron chi connectivity index (χ3n) is 5.69. The molecule has 1 amide bonds. The third kappa shape index (κ3) is 2.59. The van der Waals surface area contributed by atoms with Gasteiger partial charge in [0.2, 0.25) is 11.7 Å². The highest BCUT2D eigenvalue weighted by Gasteiger charge is 2.33. The maximum atomic E-state index is 12.8. The van der Waals surface area contributed by atoms with E-state index in [4.69, 9.17) is 4.74 Å². The number of nitrogens with zero attached hydrogens (tertiary/aromatic N) is 4. The Kier molecular flexibility index (Phi) is 3.90. The van der Waals surface area contributed by atoms with Crippen LogP contribution in [0.1, 0.15) is 36.4 Å². The zero-order valence-corrected chi connectivity index (χ0v) is 14.6. The molecule has 3 aliphatic heterocycles. The standard InChI is InChI=1S/C19H21N5O2/c25-19(13-4-7-26-10-13)24-6-1-2-12(9-24)17-16-14-3-5-20-18(14)21-8-15(16)22-11-23-17/h3,5,8,11-13H,1-2,4,6-7,9-10H2,(H,20,21)/p+1. The molecule has 0 radical (unpaired) electrons. The van der Waals surface area contributed by atoms with Gasteiger partial charge in [-0.05, 0) is 19.3 Å². The Hall–Kier alpha value is -2.38. The van der Waals surface area contributed by atoms with Crippen molar-refractivity contribution < 1.29 is 14.8 Å². The maximum absolute atomic E-state index is 12.8. The lowest BCUT2D eigenvalue weighted by molar-refractivity contribution is -0.495. The average Bonchev–Trinajstić information content (AvgIpc) is 3.38. The second kappa shape index (κ2) is 6.41. The minimum atomic E-state index is 0.0295. The van der Waals surface area contributed by atoms with E-state index >= 15 is 0 Å². The van der Waals surface area contributed by atoms with Crippen LogP contribution in [0.25, 0.3) is 17.0 Å². The van der Waals surface area contributed by atoms with Crippen LogP contribution in [0.15, 0.2) is 18.7 Å². The second-order valence-corrected chi connectivity index (χ2v) is 7.29. The van der Waals surface area contributed by atoms with Crippen molar-refractivity contribution in [1.29, 1.82) is 0 Å². The van der Waals surface area contributed by atoms with Gasteiger partial charge in [0.25, 0.3) is 0 Å². The van der Waals surface area contributed by atoms with Gasteiger partial charge in [0.05, 0.1) is 41.7 Å². The lowest BCUT2D eigenvalue weighted by atomic mass is 9.90. The molecule has 2 unspecified atom stereocenters. The van der Waals surface area contributed by atoms with Gasteiger partial charge in [-0.1, -0.05) is 0 Å². The van der Waals surface area contributed by atoms with Crippen LogP contribution in [-0.2, 0) is 9.53 Å². The van der Waals surface area contributed by atoms with E-state index in [1.807, 2.05) is 22.6 Å². The van der Waals surface area contributed by atoms with Gasteiger partial charge in [-0.15, -0.1) is 0 Å². The number of likely N-dealkylation sites (tertiary alicyclic amines) is 1. The Morgan fingerprint density at radius 3 is 3.12 bits per heavy atom. The number of ether oxygens (including phenoxy) is 1. The zero-order valence-electron chi connectivity index (χ0n) is 14.6. The van der Waals surface area contributed by atoms with Crippen LogP contribution in [0, 0.1) is 5.92 Å². The van der Waals surface area contributed by atoms with Gasteiger partial charge in [-0.25, -0.2) is 15.0 Å². The molecule has 2 atom stereocenters. The number of aromatic nitrogens is 3. The fraction of sp³-hybridized carbons (Fsp3) is 0.474. The lowest BCUT2D eigenvalue weighted by Crippen LogP contribution is -2.70. The number of carbonyl (C=O) groups is 1. The highest BCUT2D eigenvalue weighted by Crippen LogP contribution is 2.34. The first-order valence-electron chi connectivity index (χ1n) is 9.33. The van der Waals surface area contributed by atoms with E-state index in [0.29, 0.717) is 13.2 Å². The summed E-state index contributed by atoms with van der Waals surface area (Å²) in [4.78, 5) is 28.4. The Balaban J connectivity index is 1.49. The molecular weight excluding hydrogens is 330 g/mol. The smallest absolute Gasteiger partial charge is 0.237 e. The van der Waals surface area contributed by atoms with E-state index in [1.54, 1.807) is 6.33 Å². The molecule has 134 valence electrons. The molecule has 2 saturated heterocycles. The zero-order chi connectivity index (χ0) is 17.5. The summed E-state index contributed by atoms with van der Waals surface area (Å²) in [6, 6.07) is 0. The van der Waals surface area contributed by atoms with Crippen molar-refractivity contribution in [3.05, 3.63) is 30.0 Å². The molecule has 0 aromatic carbocycles. The van der Waals surface area contributed by atoms with Crippen LogP contribution >= 0.6 is 0 Å². The van der Waals surface area contributed by atoms with Crippen molar-refractivity contribution >= 4 is 28.7 Å². The number of rotatable bonds is 2. The van der Waals surface area contributed by atoms with Gasteiger partial charge in [0, 0.05) is 37.1 Å². The van der Waals surface area contributed by atoms with Crippen LogP contribution in [0.3, 0.4) is 0 Å². The van der Waals surface area contributed by atoms with E-state index in [-0.39, 0.29) is 17.7 Å². The number of hydrogen-bond donors (Lipinski definition) is 1. The number of amides is 1. The molecule has 2 N–H and O–H groups in total. The molecule has 5 rings (SSSR count). The summed E-state index contributed by atoms with van der Waals surface area (Å²) >= 11 is 0. The molecule has 0 bridgehead atoms. The Morgan fingerprint density at radius 1 is 1.27 bits per heavy atom. The van der Waals surface area contributed by atoms with Crippen molar-refractivity contribution in [2.45, 2.75) is 25.2 Å². The highest BCUT2D eigenvalue weighted by atomic mass is 16.5. The molecule has 7 heteroatoms. The van der Waals surface area contributed by atoms with E-state index in [0.717, 1.165) is 60.3 Å². The predicted molar refractivity (Wildman–Crippen MR) is 95.4 cm³/mol. The SMILES string of the molecule is O=C(C1CCOC1)N1CCCC(c2ncnc3cnc4c(c23)C=C[NH2+]4)C1. The normalized spacial score (nSPS) is 25.0. The Labute approximate surface area is 151 Å². The van der Waals surface area contributed by atoms with Gasteiger partial charge < -0.3 is 9.64 Å². The summed E-state index contributed by atoms with van der Waals surface area (Å²) in [5, 5.41) is 3.11. The van der Waals surface area contributed by atoms with Crippen molar-refractivity contribution in [3.63, 3.8) is 0 Å². The number of piperidine rings is 1. The third-order valence-corrected chi connectivity index (χ3v) is 5.69. The molecule has 0 aliphatic carbocycles. The molecule has 2 aromatic rings. The van der Waals surface area contributed by atoms with Crippen LogP contribution in [0.4, 0.5) is 5.82 Å². The van der Waals surface area contributed by atoms with Gasteiger partial charge in [0.15, 0.2) is 0 Å². The molecule has 3 aliphatic rings. The van der Waals surface area contributed by atoms with Crippen LogP contribution in [0.2, 0.25) is 0 Å². The maximum Gasteiger partial charge on any atom is 0.237 e. The van der Waals surface area contributed by atoms with Crippen LogP contribution in [0.5, 0.6) is 0 Å². The van der Waals surface area contributed by atoms with Crippen LogP contribution in [-0.4, -0.2) is 52.1 Å². The first kappa shape index (κ1) is 15.8. The summed E-state index contributed by atoms with van der Waals surface area (Å²) in [6.45, 7) is 2.83. The number of quaternary nitrogens is 1. The summed E-state index contributed by atoms with van der Waals surface area (Å²) in [5.74, 6) is 1.48. The minimum Gasteiger partial charge on any atom is -0.381 e. The Bertz CT molecular complexity index is 891. The predicted octanol–water partition coefficient (Wildman–Crippen LogP) is 0.947. The van der Waals surface area contributed by atoms with E-state index in [2.05, 4.69) is 21.0 Å². The fourth-order valence-electron chi connectivity index (χ4n) is 4.35. The van der Waals surface area contributed by atoms with E-state index in [1.165, 1.54) is 0 Å². The summed E-state index contributed by atoms with van der Waals surface area (Å²) in [5.41, 5.74) is 3.03. The molecule has 2 aromatic heterocycles. The van der Waals surface area contributed by atoms with Crippen molar-refractivity contribution in [2.24, 2.45) is 5.92 Å². The molecule has 5 heterocycles. The second-order valence-electron chi connectivity index (χ2n) is 7.29. The summed E-state index contributed by atoms with van der Waals surface area (Å²) in [7, 11) is 0. The van der Waals surface area contributed by atoms with Crippen molar-refractivity contribution in [2.75, 3.05) is 26.3 Å². The molecule has 26 heavy (non-hydrogen) atoms. The fourth-order valence-corrected chi connectivity index (χ4v) is 4.35. The van der Waals surface area contributed by atoms with E-state index in [9.17, 15) is 4.79 Å². The largest absolute Gasteiger partial charge is 0.381 e. The topological polar surface area (TPSA) is 84.8 Å².